The van der Waals surface area contributed by atoms with Gasteiger partial charge in [-0.2, -0.15) is 0 Å². The molecule has 0 unspecified atom stereocenters. The van der Waals surface area contributed by atoms with Crippen molar-refractivity contribution in [3.05, 3.63) is 53.6 Å². The lowest BCUT2D eigenvalue weighted by molar-refractivity contribution is -0.119. The van der Waals surface area contributed by atoms with E-state index in [-0.39, 0.29) is 23.9 Å². The maximum atomic E-state index is 12.1. The summed E-state index contributed by atoms with van der Waals surface area (Å²) in [5, 5.41) is 10.9. The third-order valence-electron chi connectivity index (χ3n) is 3.40. The molecule has 10 heteroatoms. The Kier molecular flexibility index (Phi) is 6.92. The fourth-order valence-electron chi connectivity index (χ4n) is 2.23. The molecular formula is C17H19ClN4O4S. The van der Waals surface area contributed by atoms with Crippen LogP contribution in [0.15, 0.2) is 53.4 Å². The van der Waals surface area contributed by atoms with E-state index in [9.17, 15) is 18.0 Å². The summed E-state index contributed by atoms with van der Waals surface area (Å²) in [5.74, 6) is -0.688. The number of nitrogens with zero attached hydrogens (tertiary/aromatic N) is 1. The summed E-state index contributed by atoms with van der Waals surface area (Å²) in [6.07, 6.45) is 0. The van der Waals surface area contributed by atoms with Gasteiger partial charge in [0.2, 0.25) is 21.8 Å². The zero-order valence-corrected chi connectivity index (χ0v) is 16.0. The average molecular weight is 411 g/mol. The molecule has 0 aromatic heterocycles. The molecule has 2 aromatic carbocycles. The lowest BCUT2D eigenvalue weighted by Crippen LogP contribution is -2.36. The minimum Gasteiger partial charge on any atom is -0.325 e. The van der Waals surface area contributed by atoms with Gasteiger partial charge in [0, 0.05) is 16.4 Å². The summed E-state index contributed by atoms with van der Waals surface area (Å²) in [6, 6.07) is 12.3. The van der Waals surface area contributed by atoms with E-state index >= 15 is 0 Å². The number of carbonyl (C=O) groups is 2. The second kappa shape index (κ2) is 8.96. The maximum absolute atomic E-state index is 12.1. The molecule has 2 amide bonds. The lowest BCUT2D eigenvalue weighted by Gasteiger charge is -2.16. The molecule has 0 aliphatic rings. The Labute approximate surface area is 162 Å². The summed E-state index contributed by atoms with van der Waals surface area (Å²) in [6.45, 7) is -0.0685. The zero-order chi connectivity index (χ0) is 20.0. The zero-order valence-electron chi connectivity index (χ0n) is 14.5. The van der Waals surface area contributed by atoms with Crippen molar-refractivity contribution < 1.29 is 18.0 Å². The molecule has 0 heterocycles. The smallest absolute Gasteiger partial charge is 0.238 e. The molecule has 0 bridgehead atoms. The van der Waals surface area contributed by atoms with Crippen LogP contribution in [0.25, 0.3) is 0 Å². The molecule has 0 aliphatic heterocycles. The van der Waals surface area contributed by atoms with Crippen molar-refractivity contribution in [1.29, 1.82) is 0 Å². The summed E-state index contributed by atoms with van der Waals surface area (Å²) in [7, 11) is -2.24. The largest absolute Gasteiger partial charge is 0.325 e. The van der Waals surface area contributed by atoms with Crippen LogP contribution < -0.4 is 15.8 Å². The number of hydrogen-bond donors (Lipinski definition) is 3. The van der Waals surface area contributed by atoms with Crippen molar-refractivity contribution in [2.45, 2.75) is 4.90 Å². The molecule has 0 atom stereocenters. The van der Waals surface area contributed by atoms with Crippen LogP contribution in [-0.2, 0) is 19.6 Å². The predicted molar refractivity (Wildman–Crippen MR) is 104 cm³/mol. The molecule has 0 saturated carbocycles. The molecule has 144 valence electrons. The summed E-state index contributed by atoms with van der Waals surface area (Å²) >= 11 is 5.79. The number of nitrogens with one attached hydrogen (secondary N) is 2. The maximum Gasteiger partial charge on any atom is 0.238 e. The number of sulfonamides is 1. The first kappa shape index (κ1) is 20.8. The van der Waals surface area contributed by atoms with Crippen molar-refractivity contribution >= 4 is 44.8 Å². The Bertz CT molecular complexity index is 932. The second-order valence-electron chi connectivity index (χ2n) is 5.85. The Morgan fingerprint density at radius 3 is 2.11 bits per heavy atom. The number of nitrogens with two attached hydrogens (primary N) is 1. The van der Waals surface area contributed by atoms with E-state index in [0.717, 1.165) is 0 Å². The van der Waals surface area contributed by atoms with E-state index < -0.39 is 15.9 Å². The minimum atomic E-state index is -3.86. The third-order valence-corrected chi connectivity index (χ3v) is 4.56. The Hall–Kier alpha value is -2.46. The molecule has 27 heavy (non-hydrogen) atoms. The first-order valence-corrected chi connectivity index (χ1v) is 9.72. The Balaban J connectivity index is 1.86. The molecule has 2 rings (SSSR count). The van der Waals surface area contributed by atoms with Crippen molar-refractivity contribution in [2.75, 3.05) is 30.8 Å². The van der Waals surface area contributed by atoms with Crippen LogP contribution in [0.4, 0.5) is 11.4 Å². The number of rotatable bonds is 7. The van der Waals surface area contributed by atoms with Gasteiger partial charge >= 0.3 is 0 Å². The summed E-state index contributed by atoms with van der Waals surface area (Å²) in [5.41, 5.74) is 0.896. The van der Waals surface area contributed by atoms with Gasteiger partial charge in [0.1, 0.15) is 0 Å². The summed E-state index contributed by atoms with van der Waals surface area (Å²) in [4.78, 5) is 25.5. The number of anilines is 2. The van der Waals surface area contributed by atoms with E-state index in [4.69, 9.17) is 16.7 Å². The van der Waals surface area contributed by atoms with Crippen molar-refractivity contribution in [3.8, 4) is 0 Å². The quantitative estimate of drug-likeness (QED) is 0.638. The topological polar surface area (TPSA) is 122 Å². The first-order chi connectivity index (χ1) is 12.6. The van der Waals surface area contributed by atoms with Crippen LogP contribution in [0, 0.1) is 0 Å². The highest BCUT2D eigenvalue weighted by Crippen LogP contribution is 2.14. The molecule has 0 spiro atoms. The van der Waals surface area contributed by atoms with Crippen molar-refractivity contribution in [3.63, 3.8) is 0 Å². The molecule has 0 fully saturated rings. The van der Waals surface area contributed by atoms with E-state index in [1.165, 1.54) is 23.1 Å². The number of likely N-dealkylation sites (N-methyl/N-ethyl adjacent to an activating group) is 1. The van der Waals surface area contributed by atoms with Gasteiger partial charge in [0.15, 0.2) is 0 Å². The molecule has 2 aromatic rings. The van der Waals surface area contributed by atoms with Crippen molar-refractivity contribution in [1.82, 2.24) is 4.90 Å². The van der Waals surface area contributed by atoms with Crippen LogP contribution in [0.1, 0.15) is 0 Å². The Morgan fingerprint density at radius 2 is 1.56 bits per heavy atom. The number of amides is 2. The summed E-state index contributed by atoms with van der Waals surface area (Å²) < 4.78 is 22.7. The van der Waals surface area contributed by atoms with E-state index in [0.29, 0.717) is 16.4 Å². The number of hydrogen-bond acceptors (Lipinski definition) is 5. The van der Waals surface area contributed by atoms with Gasteiger partial charge in [0.25, 0.3) is 0 Å². The van der Waals surface area contributed by atoms with Crippen LogP contribution >= 0.6 is 11.6 Å². The number of primary sulfonamides is 1. The SMILES string of the molecule is CN(CC(=O)Nc1ccc(Cl)cc1)CC(=O)Nc1cccc(S(N)(=O)=O)c1. The number of benzene rings is 2. The average Bonchev–Trinajstić information content (AvgIpc) is 2.56. The van der Waals surface area contributed by atoms with Gasteiger partial charge in [-0.15, -0.1) is 0 Å². The van der Waals surface area contributed by atoms with Gasteiger partial charge in [-0.05, 0) is 49.5 Å². The van der Waals surface area contributed by atoms with Crippen LogP contribution in [0.2, 0.25) is 5.02 Å². The standard InChI is InChI=1S/C17H19ClN4O4S/c1-22(10-16(23)20-13-7-5-12(18)6-8-13)11-17(24)21-14-3-2-4-15(9-14)27(19,25)26/h2-9H,10-11H2,1H3,(H,20,23)(H,21,24)(H2,19,25,26). The minimum absolute atomic E-state index is 0.00668. The predicted octanol–water partition coefficient (Wildman–Crippen LogP) is 1.50. The molecule has 0 saturated heterocycles. The fraction of sp³-hybridized carbons (Fsp3) is 0.176. The highest BCUT2D eigenvalue weighted by molar-refractivity contribution is 7.89. The monoisotopic (exact) mass is 410 g/mol. The van der Waals surface area contributed by atoms with Gasteiger partial charge in [0.05, 0.1) is 18.0 Å². The Morgan fingerprint density at radius 1 is 1.00 bits per heavy atom. The molecule has 0 aliphatic carbocycles. The number of carbonyl (C=O) groups excluding carboxylic acids is 2. The second-order valence-corrected chi connectivity index (χ2v) is 7.85. The lowest BCUT2D eigenvalue weighted by atomic mass is 10.3. The molecule has 8 nitrogen and oxygen atoms in total. The van der Waals surface area contributed by atoms with Gasteiger partial charge in [-0.3, -0.25) is 14.5 Å². The van der Waals surface area contributed by atoms with Crippen molar-refractivity contribution in [2.24, 2.45) is 5.14 Å². The van der Waals surface area contributed by atoms with Gasteiger partial charge in [-0.25, -0.2) is 13.6 Å². The van der Waals surface area contributed by atoms with Crippen LogP contribution in [0.3, 0.4) is 0 Å². The van der Waals surface area contributed by atoms with Gasteiger partial charge in [-0.1, -0.05) is 17.7 Å². The molecular weight excluding hydrogens is 392 g/mol. The highest BCUT2D eigenvalue weighted by Gasteiger charge is 2.13. The highest BCUT2D eigenvalue weighted by atomic mass is 35.5. The van der Waals surface area contributed by atoms with E-state index in [1.807, 2.05) is 0 Å². The molecule has 0 radical (unpaired) electrons. The first-order valence-electron chi connectivity index (χ1n) is 7.80. The van der Waals surface area contributed by atoms with E-state index in [1.54, 1.807) is 37.4 Å². The van der Waals surface area contributed by atoms with Crippen LogP contribution in [0.5, 0.6) is 0 Å². The normalized spacial score (nSPS) is 11.3. The van der Waals surface area contributed by atoms with E-state index in [2.05, 4.69) is 10.6 Å². The number of halogens is 1. The van der Waals surface area contributed by atoms with Crippen LogP contribution in [-0.4, -0.2) is 45.3 Å². The fourth-order valence-corrected chi connectivity index (χ4v) is 2.92. The van der Waals surface area contributed by atoms with Gasteiger partial charge < -0.3 is 10.6 Å². The molecule has 4 N–H and O–H groups in total. The third kappa shape index (κ3) is 6.99.